The molecule has 7 nitrogen and oxygen atoms in total. The smallest absolute Gasteiger partial charge is 0.229 e. The summed E-state index contributed by atoms with van der Waals surface area (Å²) in [5.41, 5.74) is 0.652. The summed E-state index contributed by atoms with van der Waals surface area (Å²) >= 11 is 0. The van der Waals surface area contributed by atoms with Gasteiger partial charge in [0.15, 0.2) is 11.5 Å². The lowest BCUT2D eigenvalue weighted by Gasteiger charge is -2.21. The number of hydrogen-bond acceptors (Lipinski definition) is 5. The number of benzene rings is 1. The van der Waals surface area contributed by atoms with Crippen LogP contribution in [0.5, 0.6) is 11.5 Å². The Morgan fingerprint density at radius 2 is 2.04 bits per heavy atom. The molecule has 0 bridgehead atoms. The predicted molar refractivity (Wildman–Crippen MR) is 89.7 cm³/mol. The standard InChI is InChI=1S/C18H22N2O5/c21-17-8-12(10-20(17)11-14-2-1-5-23-14)18(22)19-13-3-4-15-16(9-13)25-7-6-24-15/h3-4,9,12,14H,1-2,5-8,10-11H2,(H,19,22). The number of nitrogens with zero attached hydrogens (tertiary/aromatic N) is 1. The number of anilines is 1. The van der Waals surface area contributed by atoms with E-state index < -0.39 is 0 Å². The molecule has 0 saturated carbocycles. The molecule has 3 aliphatic heterocycles. The van der Waals surface area contributed by atoms with Gasteiger partial charge in [0.2, 0.25) is 11.8 Å². The van der Waals surface area contributed by atoms with E-state index in [1.807, 2.05) is 0 Å². The highest BCUT2D eigenvalue weighted by atomic mass is 16.6. The van der Waals surface area contributed by atoms with Crippen LogP contribution in [0.2, 0.25) is 0 Å². The van der Waals surface area contributed by atoms with Crippen molar-refractivity contribution in [1.82, 2.24) is 4.90 Å². The van der Waals surface area contributed by atoms with E-state index >= 15 is 0 Å². The van der Waals surface area contributed by atoms with E-state index in [9.17, 15) is 9.59 Å². The quantitative estimate of drug-likeness (QED) is 0.892. The molecule has 3 aliphatic rings. The number of likely N-dealkylation sites (tertiary alicyclic amines) is 1. The molecule has 1 N–H and O–H groups in total. The molecule has 2 atom stereocenters. The van der Waals surface area contributed by atoms with Crippen molar-refractivity contribution in [1.29, 1.82) is 0 Å². The van der Waals surface area contributed by atoms with Crippen LogP contribution in [-0.4, -0.2) is 55.7 Å². The van der Waals surface area contributed by atoms with Gasteiger partial charge in [-0.3, -0.25) is 9.59 Å². The molecule has 2 saturated heterocycles. The summed E-state index contributed by atoms with van der Waals surface area (Å²) in [5.74, 6) is 0.870. The molecule has 25 heavy (non-hydrogen) atoms. The molecule has 0 aromatic heterocycles. The lowest BCUT2D eigenvalue weighted by molar-refractivity contribution is -0.129. The third-order valence-electron chi connectivity index (χ3n) is 4.84. The van der Waals surface area contributed by atoms with Crippen LogP contribution >= 0.6 is 0 Å². The zero-order valence-corrected chi connectivity index (χ0v) is 14.0. The van der Waals surface area contributed by atoms with Crippen molar-refractivity contribution in [3.63, 3.8) is 0 Å². The van der Waals surface area contributed by atoms with E-state index in [0.717, 1.165) is 19.4 Å². The summed E-state index contributed by atoms with van der Waals surface area (Å²) in [4.78, 5) is 26.4. The molecule has 2 amide bonds. The Hall–Kier alpha value is -2.28. The molecule has 1 aromatic carbocycles. The minimum atomic E-state index is -0.331. The second-order valence-corrected chi connectivity index (χ2v) is 6.68. The van der Waals surface area contributed by atoms with Gasteiger partial charge in [-0.15, -0.1) is 0 Å². The van der Waals surface area contributed by atoms with Gasteiger partial charge < -0.3 is 24.4 Å². The fourth-order valence-corrected chi connectivity index (χ4v) is 3.52. The van der Waals surface area contributed by atoms with Crippen LogP contribution in [0.4, 0.5) is 5.69 Å². The van der Waals surface area contributed by atoms with E-state index in [0.29, 0.717) is 43.5 Å². The first-order chi connectivity index (χ1) is 12.2. The summed E-state index contributed by atoms with van der Waals surface area (Å²) < 4.78 is 16.6. The second kappa shape index (κ2) is 6.92. The molecule has 0 radical (unpaired) electrons. The number of hydrogen-bond donors (Lipinski definition) is 1. The van der Waals surface area contributed by atoms with Gasteiger partial charge >= 0.3 is 0 Å². The Balaban J connectivity index is 1.35. The van der Waals surface area contributed by atoms with Gasteiger partial charge in [0, 0.05) is 37.9 Å². The fourth-order valence-electron chi connectivity index (χ4n) is 3.52. The van der Waals surface area contributed by atoms with Gasteiger partial charge in [-0.05, 0) is 25.0 Å². The van der Waals surface area contributed by atoms with E-state index in [4.69, 9.17) is 14.2 Å². The van der Waals surface area contributed by atoms with Crippen LogP contribution in [0.15, 0.2) is 18.2 Å². The highest BCUT2D eigenvalue weighted by molar-refractivity contribution is 5.97. The largest absolute Gasteiger partial charge is 0.486 e. The number of fused-ring (bicyclic) bond motifs is 1. The maximum Gasteiger partial charge on any atom is 0.229 e. The lowest BCUT2D eigenvalue weighted by Crippen LogP contribution is -2.34. The number of carbonyl (C=O) groups is 2. The van der Waals surface area contributed by atoms with Crippen LogP contribution in [-0.2, 0) is 14.3 Å². The van der Waals surface area contributed by atoms with Gasteiger partial charge in [-0.2, -0.15) is 0 Å². The summed E-state index contributed by atoms with van der Waals surface area (Å²) in [6, 6.07) is 5.33. The minimum absolute atomic E-state index is 0.0258. The number of nitrogens with one attached hydrogen (secondary N) is 1. The summed E-state index contributed by atoms with van der Waals surface area (Å²) in [7, 11) is 0. The van der Waals surface area contributed by atoms with Crippen molar-refractivity contribution in [3.8, 4) is 11.5 Å². The molecule has 2 fully saturated rings. The minimum Gasteiger partial charge on any atom is -0.486 e. The topological polar surface area (TPSA) is 77.1 Å². The predicted octanol–water partition coefficient (Wildman–Crippen LogP) is 1.42. The molecule has 0 aliphatic carbocycles. The zero-order chi connectivity index (χ0) is 17.2. The van der Waals surface area contributed by atoms with Crippen molar-refractivity contribution >= 4 is 17.5 Å². The van der Waals surface area contributed by atoms with Gasteiger partial charge in [0.25, 0.3) is 0 Å². The third kappa shape index (κ3) is 3.56. The Morgan fingerprint density at radius 3 is 2.84 bits per heavy atom. The Morgan fingerprint density at radius 1 is 1.20 bits per heavy atom. The highest BCUT2D eigenvalue weighted by Crippen LogP contribution is 2.33. The first-order valence-electron chi connectivity index (χ1n) is 8.79. The Labute approximate surface area is 146 Å². The van der Waals surface area contributed by atoms with Gasteiger partial charge in [0.1, 0.15) is 13.2 Å². The van der Waals surface area contributed by atoms with E-state index in [-0.39, 0.29) is 30.3 Å². The third-order valence-corrected chi connectivity index (χ3v) is 4.84. The van der Waals surface area contributed by atoms with Crippen LogP contribution in [0.25, 0.3) is 0 Å². The molecular formula is C18H22N2O5. The average Bonchev–Trinajstić information content (AvgIpc) is 3.25. The maximum atomic E-state index is 12.5. The first-order valence-corrected chi connectivity index (χ1v) is 8.79. The van der Waals surface area contributed by atoms with Crippen molar-refractivity contribution in [2.24, 2.45) is 5.92 Å². The van der Waals surface area contributed by atoms with Gasteiger partial charge in [0.05, 0.1) is 12.0 Å². The van der Waals surface area contributed by atoms with Crippen LogP contribution < -0.4 is 14.8 Å². The molecular weight excluding hydrogens is 324 g/mol. The van der Waals surface area contributed by atoms with Crippen molar-refractivity contribution in [3.05, 3.63) is 18.2 Å². The van der Waals surface area contributed by atoms with Crippen molar-refractivity contribution in [2.45, 2.75) is 25.4 Å². The van der Waals surface area contributed by atoms with E-state index in [1.54, 1.807) is 23.1 Å². The fraction of sp³-hybridized carbons (Fsp3) is 0.556. The molecule has 7 heteroatoms. The normalized spacial score (nSPS) is 25.3. The summed E-state index contributed by atoms with van der Waals surface area (Å²) in [5, 5.41) is 2.88. The molecule has 3 heterocycles. The number of ether oxygens (including phenoxy) is 3. The molecule has 4 rings (SSSR count). The van der Waals surface area contributed by atoms with Crippen LogP contribution in [0.3, 0.4) is 0 Å². The molecule has 2 unspecified atom stereocenters. The van der Waals surface area contributed by atoms with Crippen molar-refractivity contribution in [2.75, 3.05) is 38.2 Å². The highest BCUT2D eigenvalue weighted by Gasteiger charge is 2.36. The van der Waals surface area contributed by atoms with E-state index in [2.05, 4.69) is 5.32 Å². The van der Waals surface area contributed by atoms with Crippen LogP contribution in [0.1, 0.15) is 19.3 Å². The van der Waals surface area contributed by atoms with Gasteiger partial charge in [-0.25, -0.2) is 0 Å². The number of rotatable bonds is 4. The zero-order valence-electron chi connectivity index (χ0n) is 14.0. The molecule has 0 spiro atoms. The monoisotopic (exact) mass is 346 g/mol. The summed E-state index contributed by atoms with van der Waals surface area (Å²) in [6.45, 7) is 2.84. The lowest BCUT2D eigenvalue weighted by atomic mass is 10.1. The average molecular weight is 346 g/mol. The SMILES string of the molecule is O=C(Nc1ccc2c(c1)OCCO2)C1CC(=O)N(CC2CCCO2)C1. The molecule has 134 valence electrons. The van der Waals surface area contributed by atoms with E-state index in [1.165, 1.54) is 0 Å². The maximum absolute atomic E-state index is 12.5. The first kappa shape index (κ1) is 16.2. The number of carbonyl (C=O) groups excluding carboxylic acids is 2. The Kier molecular flexibility index (Phi) is 4.48. The molecule has 1 aromatic rings. The van der Waals surface area contributed by atoms with Gasteiger partial charge in [-0.1, -0.05) is 0 Å². The Bertz CT molecular complexity index is 671. The van der Waals surface area contributed by atoms with Crippen molar-refractivity contribution < 1.29 is 23.8 Å². The summed E-state index contributed by atoms with van der Waals surface area (Å²) in [6.07, 6.45) is 2.39. The number of amides is 2. The second-order valence-electron chi connectivity index (χ2n) is 6.68. The van der Waals surface area contributed by atoms with Crippen LogP contribution in [0, 0.1) is 5.92 Å².